The number of hydrogen-bond donors (Lipinski definition) is 1. The highest BCUT2D eigenvalue weighted by Gasteiger charge is 2.05. The van der Waals surface area contributed by atoms with Crippen molar-refractivity contribution in [2.24, 2.45) is 0 Å². The second-order valence-corrected chi connectivity index (χ2v) is 4.73. The molecular formula is C14H14O3S. The molecule has 0 bridgehead atoms. The molecule has 0 saturated heterocycles. The standard InChI is InChI=1S/C14H14O3S/c15-13-3-1-11(2-4-13)9-14(16)17-7-5-12-6-8-18-10-12/h1-4,6,8,10,15H,5,7,9H2. The van der Waals surface area contributed by atoms with Crippen LogP contribution in [0, 0.1) is 0 Å². The van der Waals surface area contributed by atoms with Crippen LogP contribution in [0.2, 0.25) is 0 Å². The van der Waals surface area contributed by atoms with Gasteiger partial charge in [-0.1, -0.05) is 12.1 Å². The maximum atomic E-state index is 11.5. The molecule has 1 heterocycles. The Kier molecular flexibility index (Phi) is 4.36. The average Bonchev–Trinajstić information content (AvgIpc) is 2.85. The van der Waals surface area contributed by atoms with Crippen molar-refractivity contribution in [1.29, 1.82) is 0 Å². The molecule has 0 fully saturated rings. The van der Waals surface area contributed by atoms with E-state index in [-0.39, 0.29) is 18.1 Å². The van der Waals surface area contributed by atoms with Crippen LogP contribution in [0.3, 0.4) is 0 Å². The van der Waals surface area contributed by atoms with Crippen molar-refractivity contribution in [1.82, 2.24) is 0 Å². The Morgan fingerprint density at radius 2 is 1.94 bits per heavy atom. The zero-order chi connectivity index (χ0) is 12.8. The van der Waals surface area contributed by atoms with Crippen molar-refractivity contribution in [2.75, 3.05) is 6.61 Å². The summed E-state index contributed by atoms with van der Waals surface area (Å²) in [5.41, 5.74) is 2.03. The third-order valence-electron chi connectivity index (χ3n) is 2.52. The minimum absolute atomic E-state index is 0.199. The summed E-state index contributed by atoms with van der Waals surface area (Å²) in [6.45, 7) is 0.410. The van der Waals surface area contributed by atoms with E-state index >= 15 is 0 Å². The van der Waals surface area contributed by atoms with E-state index in [1.165, 1.54) is 5.56 Å². The summed E-state index contributed by atoms with van der Waals surface area (Å²) in [6.07, 6.45) is 0.995. The van der Waals surface area contributed by atoms with E-state index < -0.39 is 0 Å². The molecule has 0 aliphatic heterocycles. The van der Waals surface area contributed by atoms with Gasteiger partial charge in [-0.15, -0.1) is 0 Å². The van der Waals surface area contributed by atoms with E-state index in [9.17, 15) is 4.79 Å². The third kappa shape index (κ3) is 3.89. The summed E-state index contributed by atoms with van der Waals surface area (Å²) in [7, 11) is 0. The highest BCUT2D eigenvalue weighted by Crippen LogP contribution is 2.11. The maximum Gasteiger partial charge on any atom is 0.310 e. The lowest BCUT2D eigenvalue weighted by Gasteiger charge is -2.04. The number of rotatable bonds is 5. The number of phenolic OH excluding ortho intramolecular Hbond substituents is 1. The van der Waals surface area contributed by atoms with Gasteiger partial charge in [-0.25, -0.2) is 0 Å². The number of carbonyl (C=O) groups is 1. The van der Waals surface area contributed by atoms with E-state index in [4.69, 9.17) is 9.84 Å². The van der Waals surface area contributed by atoms with Gasteiger partial charge in [0.1, 0.15) is 5.75 Å². The molecule has 94 valence electrons. The van der Waals surface area contributed by atoms with Crippen LogP contribution in [0.1, 0.15) is 11.1 Å². The van der Waals surface area contributed by atoms with Gasteiger partial charge in [-0.2, -0.15) is 11.3 Å². The second kappa shape index (κ2) is 6.21. The summed E-state index contributed by atoms with van der Waals surface area (Å²) in [5, 5.41) is 13.2. The van der Waals surface area contributed by atoms with Crippen molar-refractivity contribution in [3.8, 4) is 5.75 Å². The predicted octanol–water partition coefficient (Wildman–Crippen LogP) is 2.78. The van der Waals surface area contributed by atoms with Crippen LogP contribution in [0.5, 0.6) is 5.75 Å². The molecule has 3 nitrogen and oxygen atoms in total. The fourth-order valence-electron chi connectivity index (χ4n) is 1.55. The summed E-state index contributed by atoms with van der Waals surface area (Å²) >= 11 is 1.64. The predicted molar refractivity (Wildman–Crippen MR) is 70.8 cm³/mol. The van der Waals surface area contributed by atoms with Crippen molar-refractivity contribution >= 4 is 17.3 Å². The van der Waals surface area contributed by atoms with Gasteiger partial charge in [0.2, 0.25) is 0 Å². The number of thiophene rings is 1. The van der Waals surface area contributed by atoms with E-state index in [2.05, 4.69) is 0 Å². The third-order valence-corrected chi connectivity index (χ3v) is 3.25. The molecule has 0 radical (unpaired) electrons. The Labute approximate surface area is 110 Å². The Hall–Kier alpha value is -1.81. The molecule has 0 amide bonds. The first kappa shape index (κ1) is 12.6. The Bertz CT molecular complexity index is 488. The molecule has 0 unspecified atom stereocenters. The number of hydrogen-bond acceptors (Lipinski definition) is 4. The first-order valence-corrected chi connectivity index (χ1v) is 6.63. The van der Waals surface area contributed by atoms with Gasteiger partial charge >= 0.3 is 5.97 Å². The van der Waals surface area contributed by atoms with Crippen molar-refractivity contribution in [3.05, 3.63) is 52.2 Å². The molecule has 2 aromatic rings. The van der Waals surface area contributed by atoms with E-state index in [1.807, 2.05) is 16.8 Å². The maximum absolute atomic E-state index is 11.5. The fourth-order valence-corrected chi connectivity index (χ4v) is 2.25. The Morgan fingerprint density at radius 1 is 1.17 bits per heavy atom. The van der Waals surface area contributed by atoms with E-state index in [0.29, 0.717) is 6.61 Å². The number of aromatic hydroxyl groups is 1. The molecule has 4 heteroatoms. The summed E-state index contributed by atoms with van der Waals surface area (Å²) in [4.78, 5) is 11.5. The SMILES string of the molecule is O=C(Cc1ccc(O)cc1)OCCc1ccsc1. The fraction of sp³-hybridized carbons (Fsp3) is 0.214. The van der Waals surface area contributed by atoms with Crippen LogP contribution < -0.4 is 0 Å². The molecular weight excluding hydrogens is 248 g/mol. The minimum Gasteiger partial charge on any atom is -0.508 e. The molecule has 0 spiro atoms. The van der Waals surface area contributed by atoms with Crippen LogP contribution in [0.15, 0.2) is 41.1 Å². The normalized spacial score (nSPS) is 10.2. The molecule has 2 rings (SSSR count). The summed E-state index contributed by atoms with van der Waals surface area (Å²) in [5.74, 6) is -0.0412. The van der Waals surface area contributed by atoms with Gasteiger partial charge in [0.05, 0.1) is 13.0 Å². The molecule has 1 N–H and O–H groups in total. The Morgan fingerprint density at radius 3 is 2.61 bits per heavy atom. The monoisotopic (exact) mass is 262 g/mol. The molecule has 1 aromatic carbocycles. The van der Waals surface area contributed by atoms with E-state index in [0.717, 1.165) is 12.0 Å². The summed E-state index contributed by atoms with van der Waals surface area (Å²) < 4.78 is 5.15. The lowest BCUT2D eigenvalue weighted by atomic mass is 10.1. The molecule has 18 heavy (non-hydrogen) atoms. The topological polar surface area (TPSA) is 46.5 Å². The minimum atomic E-state index is -0.240. The summed E-state index contributed by atoms with van der Waals surface area (Å²) in [6, 6.07) is 8.59. The number of ether oxygens (including phenoxy) is 1. The lowest BCUT2D eigenvalue weighted by molar-refractivity contribution is -0.142. The first-order chi connectivity index (χ1) is 8.74. The molecule has 0 aliphatic carbocycles. The number of phenols is 1. The number of carbonyl (C=O) groups excluding carboxylic acids is 1. The lowest BCUT2D eigenvalue weighted by Crippen LogP contribution is -2.10. The van der Waals surface area contributed by atoms with Crippen molar-refractivity contribution in [2.45, 2.75) is 12.8 Å². The quantitative estimate of drug-likeness (QED) is 0.843. The van der Waals surface area contributed by atoms with Gasteiger partial charge in [0.15, 0.2) is 0 Å². The van der Waals surface area contributed by atoms with Crippen LogP contribution in [0.4, 0.5) is 0 Å². The first-order valence-electron chi connectivity index (χ1n) is 5.68. The van der Waals surface area contributed by atoms with Gasteiger partial charge < -0.3 is 9.84 Å². The van der Waals surface area contributed by atoms with Gasteiger partial charge in [0, 0.05) is 6.42 Å². The van der Waals surface area contributed by atoms with Gasteiger partial charge in [-0.3, -0.25) is 4.79 Å². The van der Waals surface area contributed by atoms with Crippen molar-refractivity contribution in [3.63, 3.8) is 0 Å². The van der Waals surface area contributed by atoms with Gasteiger partial charge in [0.25, 0.3) is 0 Å². The number of esters is 1. The molecule has 0 atom stereocenters. The smallest absolute Gasteiger partial charge is 0.310 e. The molecule has 1 aromatic heterocycles. The van der Waals surface area contributed by atoms with Gasteiger partial charge in [-0.05, 0) is 40.1 Å². The number of benzene rings is 1. The second-order valence-electron chi connectivity index (χ2n) is 3.95. The zero-order valence-corrected chi connectivity index (χ0v) is 10.7. The van der Waals surface area contributed by atoms with Crippen molar-refractivity contribution < 1.29 is 14.6 Å². The molecule has 0 aliphatic rings. The highest BCUT2D eigenvalue weighted by molar-refractivity contribution is 7.07. The van der Waals surface area contributed by atoms with E-state index in [1.54, 1.807) is 35.6 Å². The molecule has 0 saturated carbocycles. The largest absolute Gasteiger partial charge is 0.508 e. The van der Waals surface area contributed by atoms with Crippen LogP contribution in [-0.4, -0.2) is 17.7 Å². The Balaban J connectivity index is 1.73. The van der Waals surface area contributed by atoms with Crippen LogP contribution in [0.25, 0.3) is 0 Å². The average molecular weight is 262 g/mol. The van der Waals surface area contributed by atoms with Crippen LogP contribution in [-0.2, 0) is 22.4 Å². The highest BCUT2D eigenvalue weighted by atomic mass is 32.1. The van der Waals surface area contributed by atoms with Crippen LogP contribution >= 0.6 is 11.3 Å². The zero-order valence-electron chi connectivity index (χ0n) is 9.83.